The van der Waals surface area contributed by atoms with Crippen LogP contribution in [0.5, 0.6) is 0 Å². The summed E-state index contributed by atoms with van der Waals surface area (Å²) in [5.41, 5.74) is 6.79. The van der Waals surface area contributed by atoms with Crippen LogP contribution >= 0.6 is 0 Å². The Morgan fingerprint density at radius 1 is 0.667 bits per heavy atom. The molecule has 0 N–H and O–H groups in total. The van der Waals surface area contributed by atoms with Crippen LogP contribution in [0.2, 0.25) is 0 Å². The van der Waals surface area contributed by atoms with E-state index in [-0.39, 0.29) is 24.8 Å². The summed E-state index contributed by atoms with van der Waals surface area (Å²) in [6, 6.07) is 0. The first kappa shape index (κ1) is 27.4. The number of allylic oxidation sites excluding steroid dienone is 8. The second kappa shape index (κ2) is 15.3. The van der Waals surface area contributed by atoms with Crippen molar-refractivity contribution in [3.8, 4) is 0 Å². The zero-order valence-electron chi connectivity index (χ0n) is 17.9. The summed E-state index contributed by atoms with van der Waals surface area (Å²) < 4.78 is 3.81. The summed E-state index contributed by atoms with van der Waals surface area (Å²) in [7, 11) is 0. The van der Waals surface area contributed by atoms with Gasteiger partial charge in [0.1, 0.15) is 0 Å². The quantitative estimate of drug-likeness (QED) is 0.370. The van der Waals surface area contributed by atoms with Crippen molar-refractivity contribution in [3.05, 3.63) is 41.0 Å². The number of hydrogen-bond donors (Lipinski definition) is 0. The maximum absolute atomic E-state index is 2.52. The predicted octanol–water partition coefficient (Wildman–Crippen LogP) is 2.23. The fourth-order valence-electron chi connectivity index (χ4n) is 4.07. The van der Waals surface area contributed by atoms with E-state index >= 15 is 0 Å². The van der Waals surface area contributed by atoms with E-state index in [1.807, 2.05) is 6.56 Å². The van der Waals surface area contributed by atoms with Gasteiger partial charge < -0.3 is 24.8 Å². The number of hydrogen-bond acceptors (Lipinski definition) is 0. The zero-order chi connectivity index (χ0) is 18.1. The Balaban J connectivity index is 0.00000338. The Kier molecular flexibility index (Phi) is 15.5. The SMILES string of the molecule is CCCCCCC1=[C]([Zr+2][C]2=C(CCCCCC)C(C)=CC2)CC=C1C.[Cl-].[Cl-]. The Morgan fingerprint density at radius 2 is 1.07 bits per heavy atom. The van der Waals surface area contributed by atoms with E-state index in [4.69, 9.17) is 0 Å². The van der Waals surface area contributed by atoms with E-state index < -0.39 is 23.2 Å². The molecule has 0 unspecified atom stereocenters. The van der Waals surface area contributed by atoms with Crippen LogP contribution in [0.15, 0.2) is 41.0 Å². The van der Waals surface area contributed by atoms with Gasteiger partial charge in [0.25, 0.3) is 0 Å². The third-order valence-corrected chi connectivity index (χ3v) is 9.74. The summed E-state index contributed by atoms with van der Waals surface area (Å²) in [6.45, 7) is 9.34. The van der Waals surface area contributed by atoms with Crippen molar-refractivity contribution >= 4 is 0 Å². The van der Waals surface area contributed by atoms with Gasteiger partial charge in [-0.1, -0.05) is 0 Å². The maximum atomic E-state index is 2.52. The van der Waals surface area contributed by atoms with Gasteiger partial charge in [-0.25, -0.2) is 0 Å². The summed E-state index contributed by atoms with van der Waals surface area (Å²) in [4.78, 5) is 0. The fourth-order valence-corrected chi connectivity index (χ4v) is 8.29. The largest absolute Gasteiger partial charge is 1.00 e. The molecule has 0 aromatic carbocycles. The van der Waals surface area contributed by atoms with Gasteiger partial charge in [0.05, 0.1) is 0 Å². The molecule has 27 heavy (non-hydrogen) atoms. The molecule has 0 amide bonds. The van der Waals surface area contributed by atoms with Crippen LogP contribution in [0.1, 0.15) is 105 Å². The third kappa shape index (κ3) is 8.76. The van der Waals surface area contributed by atoms with Gasteiger partial charge in [-0.15, -0.1) is 0 Å². The third-order valence-electron chi connectivity index (χ3n) is 5.77. The molecule has 0 saturated carbocycles. The minimum Gasteiger partial charge on any atom is -1.00 e. The number of halogens is 2. The molecule has 0 fully saturated rings. The van der Waals surface area contributed by atoms with E-state index in [1.165, 1.54) is 77.0 Å². The molecule has 0 bridgehead atoms. The normalized spacial score (nSPS) is 16.0. The number of unbranched alkanes of at least 4 members (excludes halogenated alkanes) is 6. The van der Waals surface area contributed by atoms with Crippen molar-refractivity contribution < 1.29 is 48.0 Å². The predicted molar refractivity (Wildman–Crippen MR) is 108 cm³/mol. The van der Waals surface area contributed by atoms with E-state index in [2.05, 4.69) is 39.8 Å². The minimum absolute atomic E-state index is 0. The summed E-state index contributed by atoms with van der Waals surface area (Å²) >= 11 is -0.546. The summed E-state index contributed by atoms with van der Waals surface area (Å²) in [5.74, 6) is 0. The smallest absolute Gasteiger partial charge is 1.00 e. The molecular weight excluding hydrogens is 450 g/mol. The summed E-state index contributed by atoms with van der Waals surface area (Å²) in [6.07, 6.45) is 21.4. The molecule has 0 aromatic rings. The summed E-state index contributed by atoms with van der Waals surface area (Å²) in [5, 5.41) is 0. The van der Waals surface area contributed by atoms with E-state index in [0.29, 0.717) is 0 Å². The molecule has 0 radical (unpaired) electrons. The van der Waals surface area contributed by atoms with Crippen molar-refractivity contribution in [3.63, 3.8) is 0 Å². The molecular formula is C24H38Cl2Zr. The van der Waals surface area contributed by atoms with Gasteiger partial charge in [0.15, 0.2) is 0 Å². The van der Waals surface area contributed by atoms with Crippen LogP contribution in [0, 0.1) is 0 Å². The fraction of sp³-hybridized carbons (Fsp3) is 0.667. The minimum atomic E-state index is -0.546. The van der Waals surface area contributed by atoms with Crippen molar-refractivity contribution in [2.24, 2.45) is 0 Å². The van der Waals surface area contributed by atoms with Crippen molar-refractivity contribution in [2.45, 2.75) is 105 Å². The zero-order valence-corrected chi connectivity index (χ0v) is 21.9. The molecule has 2 aliphatic carbocycles. The number of rotatable bonds is 12. The van der Waals surface area contributed by atoms with Gasteiger partial charge in [-0.3, -0.25) is 0 Å². The van der Waals surface area contributed by atoms with Crippen LogP contribution in [0.4, 0.5) is 0 Å². The Bertz CT molecular complexity index is 517. The molecule has 0 aliphatic heterocycles. The van der Waals surface area contributed by atoms with Crippen LogP contribution in [0.25, 0.3) is 0 Å². The van der Waals surface area contributed by atoms with E-state index in [0.717, 1.165) is 0 Å². The second-order valence-electron chi connectivity index (χ2n) is 7.84. The van der Waals surface area contributed by atoms with Gasteiger partial charge >= 0.3 is 169 Å². The van der Waals surface area contributed by atoms with Gasteiger partial charge in [-0.2, -0.15) is 0 Å². The molecule has 3 heteroatoms. The van der Waals surface area contributed by atoms with Gasteiger partial charge in [-0.05, 0) is 0 Å². The Labute approximate surface area is 192 Å². The average molecular weight is 489 g/mol. The van der Waals surface area contributed by atoms with E-state index in [9.17, 15) is 0 Å². The molecule has 152 valence electrons. The molecule has 0 atom stereocenters. The average Bonchev–Trinajstić information content (AvgIpc) is 3.13. The first-order valence-corrected chi connectivity index (χ1v) is 13.2. The monoisotopic (exact) mass is 486 g/mol. The topological polar surface area (TPSA) is 0 Å². The van der Waals surface area contributed by atoms with Crippen molar-refractivity contribution in [2.75, 3.05) is 0 Å². The van der Waals surface area contributed by atoms with Crippen LogP contribution < -0.4 is 24.8 Å². The molecule has 0 heterocycles. The van der Waals surface area contributed by atoms with Crippen molar-refractivity contribution in [1.82, 2.24) is 0 Å². The molecule has 2 rings (SSSR count). The molecule has 2 aliphatic rings. The molecule has 0 saturated heterocycles. The van der Waals surface area contributed by atoms with Crippen LogP contribution in [-0.2, 0) is 23.2 Å². The van der Waals surface area contributed by atoms with Gasteiger partial charge in [0.2, 0.25) is 0 Å². The Morgan fingerprint density at radius 3 is 1.44 bits per heavy atom. The second-order valence-corrected chi connectivity index (χ2v) is 11.4. The standard InChI is InChI=1S/2C12H19.2ClH.Zr/c2*1-3-4-5-6-9-12-10-7-8-11(12)2;;;/h2*8H,3-7,9H2,1-2H3;2*1H;/q;;;;+2/p-2. The van der Waals surface area contributed by atoms with Crippen molar-refractivity contribution in [1.29, 1.82) is 0 Å². The van der Waals surface area contributed by atoms with Crippen LogP contribution in [-0.4, -0.2) is 0 Å². The van der Waals surface area contributed by atoms with E-state index in [1.54, 1.807) is 22.3 Å². The molecule has 0 spiro atoms. The van der Waals surface area contributed by atoms with Crippen LogP contribution in [0.3, 0.4) is 0 Å². The first-order valence-electron chi connectivity index (χ1n) is 10.7. The Hall–Kier alpha value is 0.423. The molecule has 0 aromatic heterocycles. The van der Waals surface area contributed by atoms with Gasteiger partial charge in [0, 0.05) is 0 Å². The maximum Gasteiger partial charge on any atom is -1.00 e. The first-order chi connectivity index (χ1) is 12.2. The molecule has 0 nitrogen and oxygen atoms in total.